The Balaban J connectivity index is 3.72. The molecule has 58 valence electrons. The molecule has 0 N–H and O–H groups in total. The van der Waals surface area contributed by atoms with Crippen LogP contribution in [0.5, 0.6) is 0 Å². The average Bonchev–Trinajstić information content (AvgIpc) is 2.24. The van der Waals surface area contributed by atoms with E-state index in [1.807, 2.05) is 0 Å². The second-order valence-electron chi connectivity index (χ2n) is 1.74. The maximum atomic E-state index is 11.4. The third kappa shape index (κ3) is 1.80. The summed E-state index contributed by atoms with van der Waals surface area (Å²) in [6, 6.07) is -2.93. The van der Waals surface area contributed by atoms with Crippen LogP contribution in [0.15, 0.2) is 24.2 Å². The van der Waals surface area contributed by atoms with E-state index < -0.39 is 48.1 Å². The van der Waals surface area contributed by atoms with Gasteiger partial charge in [0.2, 0.25) is 0 Å². The molecule has 1 aromatic carbocycles. The molecule has 1 aromatic rings. The summed E-state index contributed by atoms with van der Waals surface area (Å²) in [5.41, 5.74) is -1.27. The molecule has 0 saturated heterocycles. The fraction of sp³-hybridized carbons (Fsp3) is 0.222. The van der Waals surface area contributed by atoms with Crippen molar-refractivity contribution in [2.45, 2.75) is 6.85 Å². The van der Waals surface area contributed by atoms with E-state index in [9.17, 15) is 4.79 Å². The molecule has 0 aliphatic carbocycles. The Hall–Kier alpha value is -1.31. The summed E-state index contributed by atoms with van der Waals surface area (Å²) >= 11 is 0. The fourth-order valence-electron chi connectivity index (χ4n) is 0.517. The van der Waals surface area contributed by atoms with E-state index >= 15 is 0 Å². The molecule has 0 bridgehead atoms. The predicted molar refractivity (Wildman–Crippen MR) is 42.5 cm³/mol. The Morgan fingerprint density at radius 3 is 2.64 bits per heavy atom. The Bertz CT molecular complexity index is 478. The summed E-state index contributed by atoms with van der Waals surface area (Å²) in [6.07, 6.45) is 0. The number of hydrogen-bond donors (Lipinski definition) is 0. The molecular formula is C9H10O2. The number of benzene rings is 1. The summed E-state index contributed by atoms with van der Waals surface area (Å²) in [5, 5.41) is 0. The Labute approximate surface area is 75.6 Å². The van der Waals surface area contributed by atoms with Gasteiger partial charge in [-0.25, -0.2) is 4.79 Å². The quantitative estimate of drug-likeness (QED) is 0.581. The number of carbonyl (C=O) groups excluding carboxylic acids is 1. The zero-order valence-corrected chi connectivity index (χ0v) is 5.82. The number of esters is 1. The minimum Gasteiger partial charge on any atom is -0.465 e. The Kier molecular flexibility index (Phi) is 0.762. The van der Waals surface area contributed by atoms with Gasteiger partial charge >= 0.3 is 5.97 Å². The van der Waals surface area contributed by atoms with Crippen molar-refractivity contribution in [1.82, 2.24) is 0 Å². The van der Waals surface area contributed by atoms with Crippen molar-refractivity contribution in [3.05, 3.63) is 35.3 Å². The molecule has 0 heterocycles. The van der Waals surface area contributed by atoms with E-state index in [4.69, 9.17) is 9.60 Å². The van der Waals surface area contributed by atoms with Crippen LogP contribution in [0.4, 0.5) is 0 Å². The summed E-state index contributed by atoms with van der Waals surface area (Å²) in [4.78, 5) is 11.4. The summed E-state index contributed by atoms with van der Waals surface area (Å²) in [6.45, 7) is -2.78. The van der Waals surface area contributed by atoms with Gasteiger partial charge in [0.1, 0.15) is 0 Å². The highest BCUT2D eigenvalue weighted by atomic mass is 16.5. The molecule has 0 atom stereocenters. The van der Waals surface area contributed by atoms with Gasteiger partial charge in [0.25, 0.3) is 0 Å². The van der Waals surface area contributed by atoms with E-state index in [-0.39, 0.29) is 0 Å². The molecule has 0 radical (unpaired) electrons. The third-order valence-electron chi connectivity index (χ3n) is 1.01. The highest BCUT2D eigenvalue weighted by Gasteiger charge is 2.01. The van der Waals surface area contributed by atoms with Crippen molar-refractivity contribution >= 4 is 5.97 Å². The molecule has 11 heavy (non-hydrogen) atoms. The van der Waals surface area contributed by atoms with Crippen LogP contribution in [0, 0.1) is 6.85 Å². The van der Waals surface area contributed by atoms with E-state index in [0.29, 0.717) is 0 Å². The predicted octanol–water partition coefficient (Wildman–Crippen LogP) is 1.78. The van der Waals surface area contributed by atoms with Crippen LogP contribution < -0.4 is 0 Å². The molecule has 0 spiro atoms. The molecule has 0 aromatic heterocycles. The van der Waals surface area contributed by atoms with Crippen LogP contribution in [0.25, 0.3) is 0 Å². The zero-order valence-electron chi connectivity index (χ0n) is 12.8. The molecule has 1 rings (SSSR count). The summed E-state index contributed by atoms with van der Waals surface area (Å²) in [7, 11) is 1.03. The van der Waals surface area contributed by atoms with Gasteiger partial charge in [-0.1, -0.05) is 17.6 Å². The number of carbonyl (C=O) groups is 1. The molecule has 2 nitrogen and oxygen atoms in total. The second kappa shape index (κ2) is 3.19. The zero-order chi connectivity index (χ0) is 14.2. The van der Waals surface area contributed by atoms with Crippen molar-refractivity contribution in [1.29, 1.82) is 0 Å². The maximum Gasteiger partial charge on any atom is 0.337 e. The van der Waals surface area contributed by atoms with Gasteiger partial charge in [-0.2, -0.15) is 0 Å². The Morgan fingerprint density at radius 1 is 1.55 bits per heavy atom. The first-order valence-electron chi connectivity index (χ1n) is 6.32. The van der Waals surface area contributed by atoms with Crippen molar-refractivity contribution in [2.75, 3.05) is 7.11 Å². The third-order valence-corrected chi connectivity index (χ3v) is 1.01. The van der Waals surface area contributed by atoms with Gasteiger partial charge in [0, 0.05) is 4.11 Å². The molecule has 0 amide bonds. The lowest BCUT2D eigenvalue weighted by Crippen LogP contribution is -2.00. The maximum absolute atomic E-state index is 11.4. The standard InChI is InChI=1S/C9H10O2/c1-7-3-5-8(6-4-7)9(10)11-2/h3-6H,1-2H3/i1D3,3D,4D,5D,6D. The Morgan fingerprint density at radius 2 is 2.18 bits per heavy atom. The van der Waals surface area contributed by atoms with Crippen molar-refractivity contribution in [2.24, 2.45) is 0 Å². The topological polar surface area (TPSA) is 26.3 Å². The molecule has 0 fully saturated rings. The largest absolute Gasteiger partial charge is 0.465 e. The van der Waals surface area contributed by atoms with Crippen LogP contribution in [-0.2, 0) is 4.74 Å². The molecule has 0 saturated carbocycles. The molecule has 0 aliphatic rings. The van der Waals surface area contributed by atoms with E-state index in [2.05, 4.69) is 4.74 Å². The van der Waals surface area contributed by atoms with Crippen molar-refractivity contribution in [3.63, 3.8) is 0 Å². The van der Waals surface area contributed by atoms with Gasteiger partial charge in [0.05, 0.1) is 18.2 Å². The second-order valence-corrected chi connectivity index (χ2v) is 1.74. The summed E-state index contributed by atoms with van der Waals surface area (Å²) in [5.74, 6) is -1.04. The van der Waals surface area contributed by atoms with Crippen LogP contribution in [0.1, 0.15) is 25.5 Å². The lowest BCUT2D eigenvalue weighted by Gasteiger charge is -1.97. The molecule has 0 aliphatic heterocycles. The fourth-order valence-corrected chi connectivity index (χ4v) is 0.517. The lowest BCUT2D eigenvalue weighted by molar-refractivity contribution is 0.0601. The van der Waals surface area contributed by atoms with E-state index in [1.54, 1.807) is 0 Å². The molecule has 0 unspecified atom stereocenters. The number of methoxy groups -OCH3 is 1. The van der Waals surface area contributed by atoms with Crippen LogP contribution in [-0.4, -0.2) is 13.1 Å². The van der Waals surface area contributed by atoms with Crippen LogP contribution in [0.2, 0.25) is 0 Å². The number of rotatable bonds is 1. The van der Waals surface area contributed by atoms with Gasteiger partial charge in [-0.15, -0.1) is 0 Å². The van der Waals surface area contributed by atoms with Gasteiger partial charge < -0.3 is 4.74 Å². The van der Waals surface area contributed by atoms with E-state index in [1.165, 1.54) is 0 Å². The first-order chi connectivity index (χ1) is 8.12. The van der Waals surface area contributed by atoms with Gasteiger partial charge in [0.15, 0.2) is 0 Å². The number of ether oxygens (including phenoxy) is 1. The van der Waals surface area contributed by atoms with Crippen molar-refractivity contribution in [3.8, 4) is 0 Å². The average molecular weight is 157 g/mol. The summed E-state index contributed by atoms with van der Waals surface area (Å²) < 4.78 is 56.1. The minimum atomic E-state index is -2.78. The van der Waals surface area contributed by atoms with E-state index in [0.717, 1.165) is 7.11 Å². The van der Waals surface area contributed by atoms with Gasteiger partial charge in [-0.3, -0.25) is 0 Å². The van der Waals surface area contributed by atoms with Crippen LogP contribution in [0.3, 0.4) is 0 Å². The molecular weight excluding hydrogens is 140 g/mol. The SMILES string of the molecule is [2H]c1c([2H])c(C([2H])([2H])[2H])c([2H])c([2H])c1C(=O)OC. The lowest BCUT2D eigenvalue weighted by atomic mass is 10.2. The minimum absolute atomic E-state index is 0.569. The monoisotopic (exact) mass is 157 g/mol. The number of hydrogen-bond acceptors (Lipinski definition) is 2. The van der Waals surface area contributed by atoms with Crippen LogP contribution >= 0.6 is 0 Å². The van der Waals surface area contributed by atoms with Crippen molar-refractivity contribution < 1.29 is 19.1 Å². The first kappa shape index (κ1) is 2.63. The smallest absolute Gasteiger partial charge is 0.337 e. The highest BCUT2D eigenvalue weighted by molar-refractivity contribution is 5.89. The highest BCUT2D eigenvalue weighted by Crippen LogP contribution is 2.03. The van der Waals surface area contributed by atoms with Gasteiger partial charge in [-0.05, 0) is 18.9 Å². The first-order valence-corrected chi connectivity index (χ1v) is 2.82. The normalized spacial score (nSPS) is 19.5. The molecule has 2 heteroatoms.